The van der Waals surface area contributed by atoms with Crippen LogP contribution in [0.3, 0.4) is 0 Å². The fraction of sp³-hybridized carbons (Fsp3) is 0.625. The third-order valence-corrected chi connectivity index (χ3v) is 1.58. The monoisotopic (exact) mass is 446 g/mol. The zero-order chi connectivity index (χ0) is 24.6. The summed E-state index contributed by atoms with van der Waals surface area (Å²) in [6.45, 7) is 3.44. The maximum atomic E-state index is 11.9. The molecule has 0 aliphatic heterocycles. The minimum Gasteiger partial charge on any atom is -0.255 e. The number of benzene rings is 1. The van der Waals surface area contributed by atoms with Gasteiger partial charge < -0.3 is 0 Å². The van der Waals surface area contributed by atoms with E-state index in [0.717, 1.165) is 20.8 Å². The van der Waals surface area contributed by atoms with Gasteiger partial charge in [0.05, 0.1) is 34.1 Å². The molecule has 0 saturated heterocycles. The molecule has 174 valence electrons. The predicted molar refractivity (Wildman–Crippen MR) is 87.2 cm³/mol. The van der Waals surface area contributed by atoms with Crippen LogP contribution in [0, 0.1) is 11.2 Å². The first kappa shape index (κ1) is 40.9. The molecule has 0 heterocycles. The first-order valence-electron chi connectivity index (χ1n) is 6.68. The zero-order valence-corrected chi connectivity index (χ0v) is 16.4. The van der Waals surface area contributed by atoms with Crippen LogP contribution in [-0.4, -0.2) is 41.3 Å². The molecular formula is C16H26F12. The van der Waals surface area contributed by atoms with Gasteiger partial charge in [0.15, 0.2) is 0 Å². The Hall–Kier alpha value is -1.62. The van der Waals surface area contributed by atoms with Crippen molar-refractivity contribution in [3.8, 4) is 0 Å². The van der Waals surface area contributed by atoms with Crippen molar-refractivity contribution in [2.24, 2.45) is 5.41 Å². The second-order valence-corrected chi connectivity index (χ2v) is 4.47. The molecule has 0 bridgehead atoms. The summed E-state index contributed by atoms with van der Waals surface area (Å²) in [6, 6.07) is 7.94. The van der Waals surface area contributed by atoms with Gasteiger partial charge in [-0.1, -0.05) is 39.0 Å². The second-order valence-electron chi connectivity index (χ2n) is 4.47. The van der Waals surface area contributed by atoms with Crippen LogP contribution in [0.4, 0.5) is 52.7 Å². The van der Waals surface area contributed by atoms with E-state index in [4.69, 9.17) is 0 Å². The highest BCUT2D eigenvalue weighted by Crippen LogP contribution is 2.36. The van der Waals surface area contributed by atoms with Gasteiger partial charge in [-0.25, -0.2) is 4.39 Å². The molecular weight excluding hydrogens is 420 g/mol. The van der Waals surface area contributed by atoms with Crippen LogP contribution in [0.15, 0.2) is 30.3 Å². The number of hydrogen-bond acceptors (Lipinski definition) is 0. The van der Waals surface area contributed by atoms with Crippen LogP contribution in [-0.2, 0) is 0 Å². The first-order chi connectivity index (χ1) is 12.6. The summed E-state index contributed by atoms with van der Waals surface area (Å²) in [4.78, 5) is 0. The minimum atomic E-state index is -5.50. The van der Waals surface area contributed by atoms with Crippen molar-refractivity contribution in [3.63, 3.8) is 0 Å². The van der Waals surface area contributed by atoms with Crippen molar-refractivity contribution in [1.29, 1.82) is 0 Å². The van der Waals surface area contributed by atoms with E-state index in [1.165, 1.54) is 12.1 Å². The predicted octanol–water partition coefficient (Wildman–Crippen LogP) is 8.24. The summed E-state index contributed by atoms with van der Waals surface area (Å²) in [5.41, 5.74) is -1.56. The lowest BCUT2D eigenvalue weighted by Crippen LogP contribution is -2.28. The van der Waals surface area contributed by atoms with E-state index >= 15 is 0 Å². The molecule has 0 saturated carbocycles. The Morgan fingerprint density at radius 1 is 0.536 bits per heavy atom. The molecule has 0 aliphatic rings. The number of hydrogen-bond donors (Lipinski definition) is 0. The molecule has 0 nitrogen and oxygen atoms in total. The fourth-order valence-corrected chi connectivity index (χ4v) is 0.415. The van der Waals surface area contributed by atoms with Gasteiger partial charge in [-0.2, -0.15) is 13.2 Å². The molecule has 12 heteroatoms. The van der Waals surface area contributed by atoms with Crippen molar-refractivity contribution in [3.05, 3.63) is 36.1 Å². The van der Waals surface area contributed by atoms with E-state index in [0.29, 0.717) is 28.7 Å². The molecule has 0 unspecified atom stereocenters. The maximum absolute atomic E-state index is 11.9. The van der Waals surface area contributed by atoms with Gasteiger partial charge in [0, 0.05) is 0 Å². The van der Waals surface area contributed by atoms with Crippen LogP contribution in [0.2, 0.25) is 0 Å². The Balaban J connectivity index is -0.0000000556. The van der Waals surface area contributed by atoms with E-state index in [2.05, 4.69) is 0 Å². The van der Waals surface area contributed by atoms with E-state index in [1.54, 1.807) is 18.2 Å². The lowest BCUT2D eigenvalue weighted by Gasteiger charge is -2.21. The van der Waals surface area contributed by atoms with Crippen molar-refractivity contribution < 1.29 is 52.7 Å². The third kappa shape index (κ3) is 56.3. The average Bonchev–Trinajstić information content (AvgIpc) is 2.60. The van der Waals surface area contributed by atoms with E-state index in [-0.39, 0.29) is 5.82 Å². The summed E-state index contributed by atoms with van der Waals surface area (Å²) in [7, 11) is 2.00. The Morgan fingerprint density at radius 2 is 0.714 bits per heavy atom. The van der Waals surface area contributed by atoms with Gasteiger partial charge >= 0.3 is 12.6 Å². The molecule has 0 aliphatic carbocycles. The highest BCUT2D eigenvalue weighted by Gasteiger charge is 2.42. The SMILES string of the molecule is CC(C)(C)C(F)(F)F.CF.CF.CF.CF.FC(F)(F)F.Fc1ccccc1. The molecule has 0 fully saturated rings. The van der Waals surface area contributed by atoms with E-state index < -0.39 is 18.0 Å². The largest absolute Gasteiger partial charge is 0.559 e. The average molecular weight is 446 g/mol. The fourth-order valence-electron chi connectivity index (χ4n) is 0.415. The first-order valence-corrected chi connectivity index (χ1v) is 6.68. The molecule has 28 heavy (non-hydrogen) atoms. The molecule has 1 rings (SSSR count). The molecule has 0 atom stereocenters. The van der Waals surface area contributed by atoms with Gasteiger partial charge in [0.1, 0.15) is 5.82 Å². The topological polar surface area (TPSA) is 0 Å². The number of rotatable bonds is 0. The Morgan fingerprint density at radius 3 is 0.786 bits per heavy atom. The van der Waals surface area contributed by atoms with Crippen LogP contribution < -0.4 is 0 Å². The molecule has 0 amide bonds. The summed E-state index contributed by atoms with van der Waals surface area (Å²) < 4.78 is 123. The minimum absolute atomic E-state index is 0.178. The Labute approximate surface area is 157 Å². The molecule has 1 aromatic rings. The molecule has 1 aromatic carbocycles. The van der Waals surface area contributed by atoms with Crippen molar-refractivity contribution in [1.82, 2.24) is 0 Å². The van der Waals surface area contributed by atoms with Crippen LogP contribution in [0.25, 0.3) is 0 Å². The lowest BCUT2D eigenvalue weighted by molar-refractivity contribution is -0.237. The number of halogens is 12. The molecule has 0 spiro atoms. The second kappa shape index (κ2) is 25.4. The van der Waals surface area contributed by atoms with Crippen LogP contribution in [0.1, 0.15) is 20.8 Å². The lowest BCUT2D eigenvalue weighted by atomic mass is 9.96. The van der Waals surface area contributed by atoms with Gasteiger partial charge in [-0.05, 0) is 12.1 Å². The summed E-state index contributed by atoms with van der Waals surface area (Å²) in [5, 5.41) is 0. The molecule has 0 N–H and O–H groups in total. The summed E-state index contributed by atoms with van der Waals surface area (Å²) in [5.74, 6) is -0.178. The zero-order valence-electron chi connectivity index (χ0n) is 16.4. The van der Waals surface area contributed by atoms with Gasteiger partial charge in [0.25, 0.3) is 0 Å². The van der Waals surface area contributed by atoms with E-state index in [9.17, 15) is 52.7 Å². The van der Waals surface area contributed by atoms with Crippen molar-refractivity contribution >= 4 is 0 Å². The maximum Gasteiger partial charge on any atom is 0.559 e. The highest BCUT2D eigenvalue weighted by molar-refractivity contribution is 5.02. The molecule has 0 radical (unpaired) electrons. The number of alkyl halides is 11. The summed E-state index contributed by atoms with van der Waals surface area (Å²) >= 11 is 0. The Kier molecular flexibility index (Phi) is 37.1. The smallest absolute Gasteiger partial charge is 0.255 e. The van der Waals surface area contributed by atoms with Crippen molar-refractivity contribution in [2.45, 2.75) is 33.4 Å². The quantitative estimate of drug-likeness (QED) is 0.352. The van der Waals surface area contributed by atoms with Crippen LogP contribution >= 0.6 is 0 Å². The normalized spacial score (nSPS) is 9.25. The standard InChI is InChI=1S/C6H5F.C5H9F3.CF4.4CH3F/c7-6-4-2-1-3-5-6;1-4(2,3)5(6,7)8;2-1(3,4)5;4*1-2/h1-5H;1-3H3;;4*1H3. The van der Waals surface area contributed by atoms with Gasteiger partial charge in [-0.3, -0.25) is 17.6 Å². The third-order valence-electron chi connectivity index (χ3n) is 1.58. The van der Waals surface area contributed by atoms with E-state index in [1.807, 2.05) is 0 Å². The van der Waals surface area contributed by atoms with Crippen LogP contribution in [0.5, 0.6) is 0 Å². The van der Waals surface area contributed by atoms with Gasteiger partial charge in [0.2, 0.25) is 0 Å². The molecule has 0 aromatic heterocycles. The summed E-state index contributed by atoms with van der Waals surface area (Å²) in [6.07, 6.45) is -9.56. The van der Waals surface area contributed by atoms with Gasteiger partial charge in [-0.15, -0.1) is 17.6 Å². The van der Waals surface area contributed by atoms with Crippen molar-refractivity contribution in [2.75, 3.05) is 28.7 Å². The Bertz CT molecular complexity index is 335. The highest BCUT2D eigenvalue weighted by atomic mass is 19.5.